The Morgan fingerprint density at radius 3 is 2.45 bits per heavy atom. The molecule has 4 fully saturated rings. The summed E-state index contributed by atoms with van der Waals surface area (Å²) in [5, 5.41) is 41.8. The number of hydrogen-bond acceptors (Lipinski definition) is 17. The average molecular weight is 1210 g/mol. The topological polar surface area (TPSA) is 277 Å². The molecule has 457 valence electrons. The lowest BCUT2D eigenvalue weighted by Crippen LogP contribution is -2.64. The van der Waals surface area contributed by atoms with Crippen LogP contribution in [0.4, 0.5) is 15.7 Å². The van der Waals surface area contributed by atoms with Crippen LogP contribution in [-0.4, -0.2) is 158 Å². The smallest absolute Gasteiger partial charge is 0.410 e. The summed E-state index contributed by atoms with van der Waals surface area (Å²) in [7, 11) is 0. The Morgan fingerprint density at radius 1 is 0.885 bits per heavy atom. The third-order valence-corrected chi connectivity index (χ3v) is 18.4. The van der Waals surface area contributed by atoms with Gasteiger partial charge < -0.3 is 49.4 Å². The highest BCUT2D eigenvalue weighted by molar-refractivity contribution is 7.22. The largest absolute Gasteiger partial charge is 0.491 e. The summed E-state index contributed by atoms with van der Waals surface area (Å²) in [4.78, 5) is 90.2. The minimum atomic E-state index is -1.16. The summed E-state index contributed by atoms with van der Waals surface area (Å²) in [5.41, 5.74) is 4.97. The van der Waals surface area contributed by atoms with Crippen molar-refractivity contribution in [3.05, 3.63) is 131 Å². The number of nitrogens with one attached hydrogen (secondary N) is 2. The first-order valence-corrected chi connectivity index (χ1v) is 30.3. The van der Waals surface area contributed by atoms with E-state index in [1.165, 1.54) is 16.2 Å². The number of nitrogens with zero attached hydrogens (tertiary/aromatic N) is 7. The molecule has 5 N–H and O–H groups in total. The van der Waals surface area contributed by atoms with Gasteiger partial charge in [0.25, 0.3) is 17.7 Å². The van der Waals surface area contributed by atoms with Crippen LogP contribution >= 0.6 is 11.3 Å². The van der Waals surface area contributed by atoms with E-state index in [2.05, 4.69) is 35.5 Å². The summed E-state index contributed by atoms with van der Waals surface area (Å²) in [6, 6.07) is 25.1. The van der Waals surface area contributed by atoms with E-state index in [4.69, 9.17) is 29.0 Å². The van der Waals surface area contributed by atoms with Crippen molar-refractivity contribution in [1.82, 2.24) is 34.9 Å². The van der Waals surface area contributed by atoms with Crippen LogP contribution in [0.1, 0.15) is 102 Å². The minimum Gasteiger partial charge on any atom is -0.491 e. The highest BCUT2D eigenvalue weighted by atomic mass is 32.1. The van der Waals surface area contributed by atoms with Crippen molar-refractivity contribution >= 4 is 68.2 Å². The number of imide groups is 1. The zero-order chi connectivity index (χ0) is 61.1. The van der Waals surface area contributed by atoms with Gasteiger partial charge in [-0.15, -0.1) is 0 Å². The molecule has 23 heteroatoms. The summed E-state index contributed by atoms with van der Waals surface area (Å²) < 4.78 is 27.4. The van der Waals surface area contributed by atoms with E-state index in [1.807, 2.05) is 71.1 Å². The molecule has 4 saturated carbocycles. The Labute approximate surface area is 507 Å². The van der Waals surface area contributed by atoms with Gasteiger partial charge in [-0.1, -0.05) is 61.6 Å². The number of pyridine rings is 1. The SMILES string of the molecule is Cc1c(-c2ccc(N3CCc4cccc(C(=O)Nc5nc6ccccc6s5)c4C3)nc2C(=O)O)cnn1CC12CC3(C)CC(C)(C1)CC(OCCN(CC[C@H](O)CO)C(=O)OCc1cc[c]cc1OCCOCCNC(=O)CN1C(=O)C=CC1=O)(C3)C2. The first kappa shape index (κ1) is 60.6. The third-order valence-electron chi connectivity index (χ3n) is 17.5. The van der Waals surface area contributed by atoms with E-state index in [9.17, 15) is 44.1 Å². The van der Waals surface area contributed by atoms with Gasteiger partial charge in [-0.05, 0) is 128 Å². The Kier molecular flexibility index (Phi) is 17.6. The molecule has 5 amide bonds. The predicted molar refractivity (Wildman–Crippen MR) is 321 cm³/mol. The molecule has 6 aromatic rings. The molecule has 4 aliphatic carbocycles. The second-order valence-electron chi connectivity index (χ2n) is 24.5. The van der Waals surface area contributed by atoms with Gasteiger partial charge in [0.1, 0.15) is 31.3 Å². The average Bonchev–Trinajstić information content (AvgIpc) is 0.981. The predicted octanol–water partition coefficient (Wildman–Crippen LogP) is 7.13. The second kappa shape index (κ2) is 25.3. The lowest BCUT2D eigenvalue weighted by molar-refractivity contribution is -0.248. The molecule has 3 atom stereocenters. The number of rotatable bonds is 26. The van der Waals surface area contributed by atoms with Crippen LogP contribution in [-0.2, 0) is 54.7 Å². The van der Waals surface area contributed by atoms with Gasteiger partial charge in [-0.3, -0.25) is 34.1 Å². The number of ether oxygens (including phenoxy) is 4. The zero-order valence-electron chi connectivity index (χ0n) is 49.0. The quantitative estimate of drug-likeness (QED) is 0.0267. The van der Waals surface area contributed by atoms with E-state index in [0.717, 1.165) is 82.6 Å². The second-order valence-corrected chi connectivity index (χ2v) is 25.6. The maximum atomic E-state index is 13.9. The first-order chi connectivity index (χ1) is 41.8. The van der Waals surface area contributed by atoms with Crippen molar-refractivity contribution in [2.45, 2.75) is 104 Å². The lowest BCUT2D eigenvalue weighted by atomic mass is 9.39. The summed E-state index contributed by atoms with van der Waals surface area (Å²) in [6.07, 6.45) is 8.54. The molecule has 5 heterocycles. The summed E-state index contributed by atoms with van der Waals surface area (Å²) in [6.45, 7) is 8.36. The Hall–Kier alpha value is -8.09. The number of carbonyl (C=O) groups excluding carboxylic acids is 5. The molecule has 3 aromatic carbocycles. The van der Waals surface area contributed by atoms with Crippen LogP contribution in [0.2, 0.25) is 0 Å². The number of aliphatic hydroxyl groups excluding tert-OH is 2. The van der Waals surface area contributed by atoms with Gasteiger partial charge in [0.05, 0.1) is 54.5 Å². The number of amides is 5. The fraction of sp³-hybridized carbons (Fsp3) is 0.453. The van der Waals surface area contributed by atoms with E-state index < -0.39 is 48.1 Å². The van der Waals surface area contributed by atoms with Crippen LogP contribution in [0, 0.1) is 29.2 Å². The molecule has 4 bridgehead atoms. The monoisotopic (exact) mass is 1210 g/mol. The molecule has 2 unspecified atom stereocenters. The van der Waals surface area contributed by atoms with E-state index in [1.54, 1.807) is 24.4 Å². The van der Waals surface area contributed by atoms with E-state index in [0.29, 0.717) is 65.0 Å². The van der Waals surface area contributed by atoms with Crippen molar-refractivity contribution in [2.75, 3.05) is 76.0 Å². The lowest BCUT2D eigenvalue weighted by Gasteiger charge is -2.69. The Bertz CT molecular complexity index is 3570. The van der Waals surface area contributed by atoms with E-state index >= 15 is 0 Å². The summed E-state index contributed by atoms with van der Waals surface area (Å²) >= 11 is 1.41. The molecule has 0 spiro atoms. The number of thiazole rings is 1. The number of carbonyl (C=O) groups is 6. The molecule has 3 aromatic heterocycles. The molecule has 22 nitrogen and oxygen atoms in total. The molecule has 2 aliphatic heterocycles. The number of hydrogen-bond donors (Lipinski definition) is 5. The molecule has 6 aliphatic rings. The number of anilines is 2. The van der Waals surface area contributed by atoms with Gasteiger partial charge >= 0.3 is 12.1 Å². The van der Waals surface area contributed by atoms with Crippen molar-refractivity contribution in [3.8, 4) is 16.9 Å². The highest BCUT2D eigenvalue weighted by Crippen LogP contribution is 2.72. The molecule has 12 rings (SSSR count). The number of aromatic nitrogens is 4. The Morgan fingerprint density at radius 2 is 1.68 bits per heavy atom. The number of carboxylic acids is 1. The summed E-state index contributed by atoms with van der Waals surface area (Å²) in [5.74, 6) is -2.07. The normalized spacial score (nSPS) is 22.2. The van der Waals surface area contributed by atoms with Crippen molar-refractivity contribution in [1.29, 1.82) is 0 Å². The van der Waals surface area contributed by atoms with Crippen LogP contribution in [0.3, 0.4) is 0 Å². The molecular formula is C64H72N9O13S. The van der Waals surface area contributed by atoms with Crippen molar-refractivity contribution < 1.29 is 63.0 Å². The number of para-hydroxylation sites is 1. The minimum absolute atomic E-state index is 0.0294. The van der Waals surface area contributed by atoms with Gasteiger partial charge in [0, 0.05) is 79.4 Å². The fourth-order valence-electron chi connectivity index (χ4n) is 14.8. The first-order valence-electron chi connectivity index (χ1n) is 29.5. The number of aromatic carboxylic acids is 1. The van der Waals surface area contributed by atoms with Crippen LogP contribution in [0.15, 0.2) is 91.1 Å². The van der Waals surface area contributed by atoms with Crippen LogP contribution in [0.25, 0.3) is 21.3 Å². The number of aliphatic hydroxyl groups is 2. The molecule has 0 saturated heterocycles. The van der Waals surface area contributed by atoms with Gasteiger partial charge in [0.15, 0.2) is 10.8 Å². The van der Waals surface area contributed by atoms with Gasteiger partial charge in [-0.25, -0.2) is 19.6 Å². The van der Waals surface area contributed by atoms with Crippen molar-refractivity contribution in [2.24, 2.45) is 16.2 Å². The Balaban J connectivity index is 0.711. The van der Waals surface area contributed by atoms with Gasteiger partial charge in [-0.2, -0.15) is 5.10 Å². The van der Waals surface area contributed by atoms with Crippen LogP contribution < -0.4 is 20.3 Å². The van der Waals surface area contributed by atoms with Gasteiger partial charge in [0.2, 0.25) is 5.91 Å². The maximum absolute atomic E-state index is 13.9. The standard InChI is InChI=1S/C64H72N9O13S/c1-41-47(45-15-16-52(68-56(45)58(80)81)71-22-19-42-10-8-11-46(48(42)30-71)57(79)69-59-67-49-12-5-7-14-51(49)87-59)29-66-73(41)40-63-35-61(2)34-62(3,36-63)38-64(37-61,39-63)86-26-24-70(23-20-44(75)32-74)60(82)85-33-43-9-4-6-13-50(43)84-28-27-83-25-21-65-53(76)31-72-54(77)17-18-55(72)78/h4-5,7-18,29,44,74-75H,19-28,30-40H2,1-3H3,(H,65,76)(H,80,81)(H,67,69,79)/t44-,61?,62?,63?,64?/m0/s1. The maximum Gasteiger partial charge on any atom is 0.410 e. The highest BCUT2D eigenvalue weighted by Gasteiger charge is 2.66. The van der Waals surface area contributed by atoms with E-state index in [-0.39, 0.29) is 93.5 Å². The number of carboxylic acid groups (broad SMARTS) is 1. The number of benzene rings is 3. The zero-order valence-corrected chi connectivity index (χ0v) is 49.9. The third kappa shape index (κ3) is 13.6. The fourth-order valence-corrected chi connectivity index (χ4v) is 15.6. The van der Waals surface area contributed by atoms with Crippen LogP contribution in [0.5, 0.6) is 5.75 Å². The van der Waals surface area contributed by atoms with Crippen molar-refractivity contribution in [3.63, 3.8) is 0 Å². The molecular weight excluding hydrogens is 1130 g/mol. The number of fused-ring (bicyclic) bond motifs is 2. The molecule has 87 heavy (non-hydrogen) atoms. The molecule has 1 radical (unpaired) electrons.